The minimum atomic E-state index is -0.500. The molecule has 1 heterocycles. The number of benzene rings is 2. The third-order valence-corrected chi connectivity index (χ3v) is 3.89. The van der Waals surface area contributed by atoms with Gasteiger partial charge in [0.1, 0.15) is 6.04 Å². The Morgan fingerprint density at radius 2 is 1.73 bits per heavy atom. The van der Waals surface area contributed by atoms with E-state index in [2.05, 4.69) is 12.2 Å². The Balaban J connectivity index is 1.83. The van der Waals surface area contributed by atoms with Gasteiger partial charge in [0.25, 0.3) is 5.91 Å². The molecule has 1 unspecified atom stereocenters. The Morgan fingerprint density at radius 1 is 1.05 bits per heavy atom. The molecule has 1 atom stereocenters. The summed E-state index contributed by atoms with van der Waals surface area (Å²) in [6, 6.07) is 16.4. The molecule has 22 heavy (non-hydrogen) atoms. The van der Waals surface area contributed by atoms with Crippen molar-refractivity contribution in [3.63, 3.8) is 0 Å². The Labute approximate surface area is 129 Å². The van der Waals surface area contributed by atoms with Crippen LogP contribution in [0.5, 0.6) is 0 Å². The van der Waals surface area contributed by atoms with Gasteiger partial charge in [-0.2, -0.15) is 0 Å². The van der Waals surface area contributed by atoms with Crippen LogP contribution in [0.2, 0.25) is 0 Å². The number of imide groups is 1. The summed E-state index contributed by atoms with van der Waals surface area (Å²) in [4.78, 5) is 26.0. The third-order valence-electron chi connectivity index (χ3n) is 3.89. The van der Waals surface area contributed by atoms with Crippen molar-refractivity contribution in [2.75, 3.05) is 10.2 Å². The molecule has 2 aromatic rings. The molecular weight excluding hydrogens is 276 g/mol. The summed E-state index contributed by atoms with van der Waals surface area (Å²) < 4.78 is 0. The Bertz CT molecular complexity index is 697. The molecule has 1 aliphatic rings. The number of carbonyl (C=O) groups excluding carboxylic acids is 2. The first-order chi connectivity index (χ1) is 10.7. The second-order valence-electron chi connectivity index (χ2n) is 5.31. The summed E-state index contributed by atoms with van der Waals surface area (Å²) in [6.45, 7) is 2.07. The van der Waals surface area contributed by atoms with Crippen LogP contribution in [0.15, 0.2) is 54.6 Å². The number of amides is 2. The number of hydrogen-bond donors (Lipinski definition) is 1. The molecule has 3 rings (SSSR count). The van der Waals surface area contributed by atoms with Crippen LogP contribution >= 0.6 is 0 Å². The molecule has 0 radical (unpaired) electrons. The van der Waals surface area contributed by atoms with Gasteiger partial charge in [-0.1, -0.05) is 43.3 Å². The van der Waals surface area contributed by atoms with Gasteiger partial charge in [-0.25, -0.2) is 4.90 Å². The molecule has 1 aliphatic heterocycles. The van der Waals surface area contributed by atoms with Gasteiger partial charge < -0.3 is 5.32 Å². The second-order valence-corrected chi connectivity index (χ2v) is 5.31. The molecule has 0 saturated carbocycles. The molecule has 2 aromatic carbocycles. The van der Waals surface area contributed by atoms with Crippen molar-refractivity contribution in [2.45, 2.75) is 25.8 Å². The molecule has 2 amide bonds. The molecule has 0 aromatic heterocycles. The lowest BCUT2D eigenvalue weighted by Crippen LogP contribution is -2.34. The Morgan fingerprint density at radius 3 is 2.45 bits per heavy atom. The maximum atomic E-state index is 12.6. The maximum absolute atomic E-state index is 12.6. The van der Waals surface area contributed by atoms with Crippen LogP contribution in [0.1, 0.15) is 18.9 Å². The zero-order valence-corrected chi connectivity index (χ0v) is 12.5. The van der Waals surface area contributed by atoms with Crippen molar-refractivity contribution in [2.24, 2.45) is 0 Å². The molecule has 0 aliphatic carbocycles. The first-order valence-corrected chi connectivity index (χ1v) is 7.47. The summed E-state index contributed by atoms with van der Waals surface area (Å²) in [6.07, 6.45) is 1.06. The Hall–Kier alpha value is -2.62. The molecule has 4 heteroatoms. The van der Waals surface area contributed by atoms with Crippen LogP contribution in [-0.2, 0) is 16.0 Å². The van der Waals surface area contributed by atoms with Gasteiger partial charge in [-0.05, 0) is 30.2 Å². The lowest BCUT2D eigenvalue weighted by molar-refractivity contribution is -0.121. The van der Waals surface area contributed by atoms with E-state index in [0.717, 1.165) is 17.7 Å². The highest BCUT2D eigenvalue weighted by molar-refractivity contribution is 6.23. The van der Waals surface area contributed by atoms with Gasteiger partial charge >= 0.3 is 0 Å². The molecule has 0 spiro atoms. The van der Waals surface area contributed by atoms with E-state index in [1.165, 1.54) is 4.90 Å². The monoisotopic (exact) mass is 294 g/mol. The lowest BCUT2D eigenvalue weighted by Gasteiger charge is -2.17. The van der Waals surface area contributed by atoms with E-state index in [1.54, 1.807) is 12.1 Å². The first-order valence-electron chi connectivity index (χ1n) is 7.47. The van der Waals surface area contributed by atoms with Gasteiger partial charge in [0.05, 0.1) is 12.1 Å². The van der Waals surface area contributed by atoms with E-state index in [0.29, 0.717) is 5.69 Å². The average Bonchev–Trinajstić information content (AvgIpc) is 2.83. The van der Waals surface area contributed by atoms with Crippen LogP contribution in [-0.4, -0.2) is 17.9 Å². The SMILES string of the molecule is CCc1ccccc1NC1CC(=O)N(c2ccccc2)C1=O. The van der Waals surface area contributed by atoms with Crippen LogP contribution in [0.3, 0.4) is 0 Å². The van der Waals surface area contributed by atoms with Gasteiger partial charge in [0, 0.05) is 5.69 Å². The molecule has 1 N–H and O–H groups in total. The fourth-order valence-electron chi connectivity index (χ4n) is 2.75. The minimum absolute atomic E-state index is 0.164. The number of nitrogens with zero attached hydrogens (tertiary/aromatic N) is 1. The predicted octanol–water partition coefficient (Wildman–Crippen LogP) is 2.99. The van der Waals surface area contributed by atoms with E-state index in [4.69, 9.17) is 0 Å². The molecular formula is C18H18N2O2. The molecule has 1 saturated heterocycles. The van der Waals surface area contributed by atoms with E-state index in [9.17, 15) is 9.59 Å². The highest BCUT2D eigenvalue weighted by atomic mass is 16.2. The summed E-state index contributed by atoms with van der Waals surface area (Å²) >= 11 is 0. The van der Waals surface area contributed by atoms with Crippen LogP contribution in [0.4, 0.5) is 11.4 Å². The van der Waals surface area contributed by atoms with Crippen molar-refractivity contribution in [3.05, 3.63) is 60.2 Å². The first kappa shape index (κ1) is 14.3. The predicted molar refractivity (Wildman–Crippen MR) is 86.8 cm³/mol. The van der Waals surface area contributed by atoms with Gasteiger partial charge in [-0.3, -0.25) is 9.59 Å². The van der Waals surface area contributed by atoms with Crippen molar-refractivity contribution in [1.29, 1.82) is 0 Å². The van der Waals surface area contributed by atoms with Crippen molar-refractivity contribution in [3.8, 4) is 0 Å². The normalized spacial score (nSPS) is 17.9. The number of rotatable bonds is 4. The molecule has 112 valence electrons. The van der Waals surface area contributed by atoms with Gasteiger partial charge in [0.15, 0.2) is 0 Å². The summed E-state index contributed by atoms with van der Waals surface area (Å²) in [5.41, 5.74) is 2.69. The van der Waals surface area contributed by atoms with Crippen LogP contribution in [0.25, 0.3) is 0 Å². The Kier molecular flexibility index (Phi) is 3.92. The number of aryl methyl sites for hydroxylation is 1. The van der Waals surface area contributed by atoms with Crippen molar-refractivity contribution in [1.82, 2.24) is 0 Å². The molecule has 1 fully saturated rings. The maximum Gasteiger partial charge on any atom is 0.256 e. The number of para-hydroxylation sites is 2. The summed E-state index contributed by atoms with van der Waals surface area (Å²) in [7, 11) is 0. The quantitative estimate of drug-likeness (QED) is 0.882. The van der Waals surface area contributed by atoms with E-state index in [-0.39, 0.29) is 18.2 Å². The second kappa shape index (κ2) is 6.02. The highest BCUT2D eigenvalue weighted by Crippen LogP contribution is 2.26. The van der Waals surface area contributed by atoms with Crippen LogP contribution in [0, 0.1) is 0 Å². The van der Waals surface area contributed by atoms with Crippen molar-refractivity contribution < 1.29 is 9.59 Å². The zero-order valence-electron chi connectivity index (χ0n) is 12.5. The fraction of sp³-hybridized carbons (Fsp3) is 0.222. The standard InChI is InChI=1S/C18H18N2O2/c1-2-13-8-6-7-11-15(13)19-16-12-17(21)20(18(16)22)14-9-4-3-5-10-14/h3-11,16,19H,2,12H2,1H3. The lowest BCUT2D eigenvalue weighted by atomic mass is 10.1. The average molecular weight is 294 g/mol. The smallest absolute Gasteiger partial charge is 0.256 e. The van der Waals surface area contributed by atoms with Crippen LogP contribution < -0.4 is 10.2 Å². The van der Waals surface area contributed by atoms with E-state index in [1.807, 2.05) is 42.5 Å². The van der Waals surface area contributed by atoms with Gasteiger partial charge in [0.2, 0.25) is 5.91 Å². The molecule has 0 bridgehead atoms. The van der Waals surface area contributed by atoms with Gasteiger partial charge in [-0.15, -0.1) is 0 Å². The highest BCUT2D eigenvalue weighted by Gasteiger charge is 2.39. The molecule has 4 nitrogen and oxygen atoms in total. The summed E-state index contributed by atoms with van der Waals surface area (Å²) in [5, 5.41) is 3.23. The topological polar surface area (TPSA) is 49.4 Å². The zero-order chi connectivity index (χ0) is 15.5. The number of anilines is 2. The summed E-state index contributed by atoms with van der Waals surface area (Å²) in [5.74, 6) is -0.357. The number of nitrogens with one attached hydrogen (secondary N) is 1. The van der Waals surface area contributed by atoms with Crippen molar-refractivity contribution >= 4 is 23.2 Å². The number of carbonyl (C=O) groups is 2. The minimum Gasteiger partial charge on any atom is -0.373 e. The third kappa shape index (κ3) is 2.60. The van der Waals surface area contributed by atoms with E-state index >= 15 is 0 Å². The largest absolute Gasteiger partial charge is 0.373 e. The van der Waals surface area contributed by atoms with E-state index < -0.39 is 6.04 Å². The fourth-order valence-corrected chi connectivity index (χ4v) is 2.75. The number of hydrogen-bond acceptors (Lipinski definition) is 3.